The van der Waals surface area contributed by atoms with Gasteiger partial charge in [0.15, 0.2) is 0 Å². The molecule has 0 saturated carbocycles. The number of amides is 3. The number of primary amides is 1. The summed E-state index contributed by atoms with van der Waals surface area (Å²) in [7, 11) is 1.45. The second-order valence-electron chi connectivity index (χ2n) is 4.66. The summed E-state index contributed by atoms with van der Waals surface area (Å²) in [5, 5.41) is 5.11. The number of rotatable bonds is 5. The van der Waals surface area contributed by atoms with Crippen LogP contribution in [0.25, 0.3) is 0 Å². The van der Waals surface area contributed by atoms with Crippen molar-refractivity contribution in [2.45, 2.75) is 19.9 Å². The maximum atomic E-state index is 11.8. The lowest BCUT2D eigenvalue weighted by Gasteiger charge is -2.16. The van der Waals surface area contributed by atoms with Crippen molar-refractivity contribution in [3.63, 3.8) is 0 Å². The zero-order valence-electron chi connectivity index (χ0n) is 11.8. The molecule has 1 rings (SSSR count). The van der Waals surface area contributed by atoms with Gasteiger partial charge in [0.25, 0.3) is 0 Å². The highest BCUT2D eigenvalue weighted by Crippen LogP contribution is 2.27. The third-order valence-corrected chi connectivity index (χ3v) is 2.75. The SMILES string of the molecule is COc1cc(NC(=O)[C@@H](N)C(C)C)ccc1NC(N)=O. The van der Waals surface area contributed by atoms with E-state index in [-0.39, 0.29) is 11.8 Å². The summed E-state index contributed by atoms with van der Waals surface area (Å²) in [6.07, 6.45) is 0. The third-order valence-electron chi connectivity index (χ3n) is 2.75. The number of ether oxygens (including phenoxy) is 1. The summed E-state index contributed by atoms with van der Waals surface area (Å²) >= 11 is 0. The quantitative estimate of drug-likeness (QED) is 0.645. The first-order chi connectivity index (χ1) is 9.35. The van der Waals surface area contributed by atoms with E-state index in [9.17, 15) is 9.59 Å². The number of carbonyl (C=O) groups excluding carboxylic acids is 2. The highest BCUT2D eigenvalue weighted by atomic mass is 16.5. The van der Waals surface area contributed by atoms with Gasteiger partial charge < -0.3 is 26.8 Å². The molecule has 0 spiro atoms. The van der Waals surface area contributed by atoms with E-state index >= 15 is 0 Å². The highest BCUT2D eigenvalue weighted by molar-refractivity contribution is 5.96. The van der Waals surface area contributed by atoms with Gasteiger partial charge in [-0.05, 0) is 18.1 Å². The van der Waals surface area contributed by atoms with E-state index in [1.165, 1.54) is 7.11 Å². The van der Waals surface area contributed by atoms with Gasteiger partial charge in [-0.2, -0.15) is 0 Å². The largest absolute Gasteiger partial charge is 0.494 e. The lowest BCUT2D eigenvalue weighted by Crippen LogP contribution is -2.39. The molecule has 0 aliphatic rings. The van der Waals surface area contributed by atoms with Crippen molar-refractivity contribution in [2.75, 3.05) is 17.7 Å². The molecule has 6 N–H and O–H groups in total. The van der Waals surface area contributed by atoms with Crippen molar-refractivity contribution < 1.29 is 14.3 Å². The number of carbonyl (C=O) groups is 2. The number of anilines is 2. The van der Waals surface area contributed by atoms with Crippen LogP contribution in [0.3, 0.4) is 0 Å². The number of urea groups is 1. The summed E-state index contributed by atoms with van der Waals surface area (Å²) in [5.74, 6) is 0.144. The first-order valence-corrected chi connectivity index (χ1v) is 6.16. The molecule has 0 aliphatic carbocycles. The molecule has 7 nitrogen and oxygen atoms in total. The van der Waals surface area contributed by atoms with Crippen LogP contribution < -0.4 is 26.8 Å². The Labute approximate surface area is 117 Å². The number of benzene rings is 1. The molecular weight excluding hydrogens is 260 g/mol. The van der Waals surface area contributed by atoms with Gasteiger partial charge in [0.1, 0.15) is 5.75 Å². The van der Waals surface area contributed by atoms with Crippen LogP contribution in [0, 0.1) is 5.92 Å². The van der Waals surface area contributed by atoms with Gasteiger partial charge in [0, 0.05) is 11.8 Å². The normalized spacial score (nSPS) is 11.8. The highest BCUT2D eigenvalue weighted by Gasteiger charge is 2.17. The molecule has 0 fully saturated rings. The van der Waals surface area contributed by atoms with E-state index in [4.69, 9.17) is 16.2 Å². The van der Waals surface area contributed by atoms with Crippen LogP contribution in [0.5, 0.6) is 5.75 Å². The molecule has 0 aliphatic heterocycles. The summed E-state index contributed by atoms with van der Waals surface area (Å²) in [5.41, 5.74) is 11.8. The Bertz CT molecular complexity index is 502. The average molecular weight is 280 g/mol. The molecule has 0 saturated heterocycles. The zero-order valence-corrected chi connectivity index (χ0v) is 11.8. The van der Waals surface area contributed by atoms with Crippen molar-refractivity contribution in [2.24, 2.45) is 17.4 Å². The Morgan fingerprint density at radius 3 is 2.40 bits per heavy atom. The minimum Gasteiger partial charge on any atom is -0.494 e. The van der Waals surface area contributed by atoms with Crippen LogP contribution in [-0.4, -0.2) is 25.1 Å². The van der Waals surface area contributed by atoms with E-state index < -0.39 is 12.1 Å². The molecule has 0 heterocycles. The molecule has 110 valence electrons. The molecule has 0 radical (unpaired) electrons. The van der Waals surface area contributed by atoms with Gasteiger partial charge in [-0.25, -0.2) is 4.79 Å². The smallest absolute Gasteiger partial charge is 0.316 e. The molecule has 0 aromatic heterocycles. The first-order valence-electron chi connectivity index (χ1n) is 6.16. The van der Waals surface area contributed by atoms with Crippen LogP contribution in [0.2, 0.25) is 0 Å². The third kappa shape index (κ3) is 4.13. The molecule has 1 aromatic rings. The van der Waals surface area contributed by atoms with Gasteiger partial charge >= 0.3 is 6.03 Å². The second kappa shape index (κ2) is 6.76. The molecule has 0 unspecified atom stereocenters. The molecule has 20 heavy (non-hydrogen) atoms. The molecule has 3 amide bonds. The summed E-state index contributed by atoms with van der Waals surface area (Å²) in [4.78, 5) is 22.7. The van der Waals surface area contributed by atoms with E-state index in [2.05, 4.69) is 10.6 Å². The molecular formula is C13H20N4O3. The predicted molar refractivity (Wildman–Crippen MR) is 77.6 cm³/mol. The fourth-order valence-corrected chi connectivity index (χ4v) is 1.53. The molecule has 7 heteroatoms. The Morgan fingerprint density at radius 2 is 1.90 bits per heavy atom. The lowest BCUT2D eigenvalue weighted by molar-refractivity contribution is -0.118. The fourth-order valence-electron chi connectivity index (χ4n) is 1.53. The van der Waals surface area contributed by atoms with E-state index in [1.54, 1.807) is 18.2 Å². The van der Waals surface area contributed by atoms with Crippen molar-refractivity contribution >= 4 is 23.3 Å². The van der Waals surface area contributed by atoms with Crippen LogP contribution >= 0.6 is 0 Å². The Hall–Kier alpha value is -2.28. The number of nitrogens with one attached hydrogen (secondary N) is 2. The van der Waals surface area contributed by atoms with Crippen LogP contribution in [0.4, 0.5) is 16.2 Å². The maximum Gasteiger partial charge on any atom is 0.316 e. The summed E-state index contributed by atoms with van der Waals surface area (Å²) in [6, 6.07) is 3.50. The second-order valence-corrected chi connectivity index (χ2v) is 4.66. The Kier molecular flexibility index (Phi) is 5.33. The zero-order chi connectivity index (χ0) is 15.3. The minimum absolute atomic E-state index is 0.0349. The first kappa shape index (κ1) is 15.8. The standard InChI is InChI=1S/C13H20N4O3/c1-7(2)11(14)12(18)16-8-4-5-9(17-13(15)19)10(6-8)20-3/h4-7,11H,14H2,1-3H3,(H,16,18)(H3,15,17,19)/t11-/m0/s1. The maximum absolute atomic E-state index is 11.8. The van der Waals surface area contributed by atoms with Gasteiger partial charge in [-0.3, -0.25) is 4.79 Å². The number of methoxy groups -OCH3 is 1. The summed E-state index contributed by atoms with van der Waals surface area (Å²) < 4.78 is 5.12. The predicted octanol–water partition coefficient (Wildman–Crippen LogP) is 1.11. The van der Waals surface area contributed by atoms with E-state index in [0.29, 0.717) is 17.1 Å². The van der Waals surface area contributed by atoms with E-state index in [0.717, 1.165) is 0 Å². The monoisotopic (exact) mass is 280 g/mol. The topological polar surface area (TPSA) is 119 Å². The average Bonchev–Trinajstić information content (AvgIpc) is 2.38. The number of hydrogen-bond donors (Lipinski definition) is 4. The van der Waals surface area contributed by atoms with Crippen molar-refractivity contribution in [3.05, 3.63) is 18.2 Å². The summed E-state index contributed by atoms with van der Waals surface area (Å²) in [6.45, 7) is 3.73. The molecule has 1 atom stereocenters. The van der Waals surface area contributed by atoms with Crippen molar-refractivity contribution in [1.29, 1.82) is 0 Å². The van der Waals surface area contributed by atoms with Crippen LogP contribution in [0.1, 0.15) is 13.8 Å². The molecule has 1 aromatic carbocycles. The number of hydrogen-bond acceptors (Lipinski definition) is 4. The Balaban J connectivity index is 2.88. The number of nitrogens with two attached hydrogens (primary N) is 2. The lowest BCUT2D eigenvalue weighted by atomic mass is 10.0. The van der Waals surface area contributed by atoms with Gasteiger partial charge in [0.2, 0.25) is 5.91 Å². The van der Waals surface area contributed by atoms with Crippen LogP contribution in [-0.2, 0) is 4.79 Å². The van der Waals surface area contributed by atoms with Gasteiger partial charge in [-0.1, -0.05) is 13.8 Å². The van der Waals surface area contributed by atoms with Crippen molar-refractivity contribution in [3.8, 4) is 5.75 Å². The van der Waals surface area contributed by atoms with Gasteiger partial charge in [0.05, 0.1) is 18.8 Å². The fraction of sp³-hybridized carbons (Fsp3) is 0.385. The van der Waals surface area contributed by atoms with Gasteiger partial charge in [-0.15, -0.1) is 0 Å². The Morgan fingerprint density at radius 1 is 1.25 bits per heavy atom. The molecule has 0 bridgehead atoms. The van der Waals surface area contributed by atoms with Crippen molar-refractivity contribution in [1.82, 2.24) is 0 Å². The van der Waals surface area contributed by atoms with E-state index in [1.807, 2.05) is 13.8 Å². The minimum atomic E-state index is -0.693. The van der Waals surface area contributed by atoms with Crippen LogP contribution in [0.15, 0.2) is 18.2 Å².